The predicted molar refractivity (Wildman–Crippen MR) is 164 cm³/mol. The Morgan fingerprint density at radius 2 is 0.821 bits per heavy atom. The molecule has 0 unspecified atom stereocenters. The van der Waals surface area contributed by atoms with Crippen LogP contribution in [0.3, 0.4) is 0 Å². The van der Waals surface area contributed by atoms with E-state index in [9.17, 15) is 0 Å². The van der Waals surface area contributed by atoms with E-state index in [1.54, 1.807) is 0 Å². The molecule has 7 rings (SSSR count). The van der Waals surface area contributed by atoms with Crippen LogP contribution in [-0.2, 0) is 0 Å². The highest BCUT2D eigenvalue weighted by Crippen LogP contribution is 2.44. The summed E-state index contributed by atoms with van der Waals surface area (Å²) in [5.74, 6) is 0. The summed E-state index contributed by atoms with van der Waals surface area (Å²) in [6.45, 7) is 2.17. The topological polar surface area (TPSA) is 25.8 Å². The minimum Gasteiger partial charge on any atom is -0.256 e. The first-order chi connectivity index (χ1) is 19.3. The molecule has 0 bridgehead atoms. The Balaban J connectivity index is 1.45. The van der Waals surface area contributed by atoms with Gasteiger partial charge in [-0.1, -0.05) is 109 Å². The van der Waals surface area contributed by atoms with Gasteiger partial charge >= 0.3 is 0 Å². The lowest BCUT2D eigenvalue weighted by Crippen LogP contribution is -1.92. The van der Waals surface area contributed by atoms with E-state index in [-0.39, 0.29) is 0 Å². The van der Waals surface area contributed by atoms with Crippen LogP contribution in [0.5, 0.6) is 0 Å². The van der Waals surface area contributed by atoms with Crippen LogP contribution >= 0.6 is 0 Å². The fourth-order valence-corrected chi connectivity index (χ4v) is 5.60. The van der Waals surface area contributed by atoms with E-state index in [1.807, 2.05) is 36.7 Å². The second kappa shape index (κ2) is 9.66. The van der Waals surface area contributed by atoms with Crippen molar-refractivity contribution in [1.82, 2.24) is 9.97 Å². The molecule has 2 heteroatoms. The number of hydrogen-bond donors (Lipinski definition) is 0. The average molecular weight is 499 g/mol. The quantitative estimate of drug-likeness (QED) is 0.226. The van der Waals surface area contributed by atoms with E-state index < -0.39 is 0 Å². The van der Waals surface area contributed by atoms with Crippen LogP contribution in [0.1, 0.15) is 5.56 Å². The number of rotatable bonds is 4. The predicted octanol–water partition coefficient (Wildman–Crippen LogP) is 9.76. The monoisotopic (exact) mass is 498 g/mol. The summed E-state index contributed by atoms with van der Waals surface area (Å²) in [5.41, 5.74) is 10.4. The third-order valence-corrected chi connectivity index (χ3v) is 7.45. The molecule has 0 aliphatic heterocycles. The summed E-state index contributed by atoms with van der Waals surface area (Å²) >= 11 is 0. The molecule has 0 aliphatic carbocycles. The van der Waals surface area contributed by atoms with Gasteiger partial charge in [0.15, 0.2) is 0 Å². The van der Waals surface area contributed by atoms with E-state index in [4.69, 9.17) is 0 Å². The molecule has 184 valence electrons. The summed E-state index contributed by atoms with van der Waals surface area (Å²) in [6.07, 6.45) is 3.68. The van der Waals surface area contributed by atoms with Crippen molar-refractivity contribution in [2.24, 2.45) is 0 Å². The Morgan fingerprint density at radius 1 is 0.385 bits per heavy atom. The van der Waals surface area contributed by atoms with Gasteiger partial charge < -0.3 is 0 Å². The first-order valence-electron chi connectivity index (χ1n) is 13.2. The Bertz CT molecular complexity index is 1920. The molecule has 2 aromatic heterocycles. The molecule has 0 aliphatic rings. The Morgan fingerprint density at radius 3 is 1.31 bits per heavy atom. The van der Waals surface area contributed by atoms with Crippen LogP contribution in [0.4, 0.5) is 0 Å². The zero-order chi connectivity index (χ0) is 26.2. The van der Waals surface area contributed by atoms with Gasteiger partial charge in [-0.15, -0.1) is 0 Å². The fourth-order valence-electron chi connectivity index (χ4n) is 5.60. The van der Waals surface area contributed by atoms with Gasteiger partial charge in [0.2, 0.25) is 0 Å². The zero-order valence-electron chi connectivity index (χ0n) is 21.7. The third kappa shape index (κ3) is 4.17. The molecule has 7 aromatic rings. The number of nitrogens with zero attached hydrogens (tertiary/aromatic N) is 2. The van der Waals surface area contributed by atoms with E-state index in [0.29, 0.717) is 0 Å². The number of aryl methyl sites for hydroxylation is 1. The van der Waals surface area contributed by atoms with E-state index in [1.165, 1.54) is 49.4 Å². The van der Waals surface area contributed by atoms with Gasteiger partial charge in [-0.25, -0.2) is 0 Å². The van der Waals surface area contributed by atoms with Crippen LogP contribution in [0.25, 0.3) is 66.3 Å². The smallest absolute Gasteiger partial charge is 0.0701 e. The van der Waals surface area contributed by atoms with Crippen molar-refractivity contribution in [2.75, 3.05) is 0 Å². The van der Waals surface area contributed by atoms with Gasteiger partial charge in [0.05, 0.1) is 11.4 Å². The lowest BCUT2D eigenvalue weighted by Gasteiger charge is -2.18. The molecule has 2 nitrogen and oxygen atoms in total. The van der Waals surface area contributed by atoms with Crippen molar-refractivity contribution in [3.8, 4) is 44.8 Å². The molecular weight excluding hydrogens is 472 g/mol. The van der Waals surface area contributed by atoms with E-state index in [2.05, 4.69) is 120 Å². The Kier molecular flexibility index (Phi) is 5.71. The van der Waals surface area contributed by atoms with Crippen LogP contribution < -0.4 is 0 Å². The third-order valence-electron chi connectivity index (χ3n) is 7.45. The van der Waals surface area contributed by atoms with Crippen LogP contribution in [0.2, 0.25) is 0 Å². The Hall–Kier alpha value is -5.08. The number of benzene rings is 5. The SMILES string of the molecule is Cc1ccc2c(-c3ccc(-c4ccccn4)cc3)c3ccccc3c(-c3ccc(-c4ccccn4)cc3)c2c1. The maximum atomic E-state index is 4.53. The highest BCUT2D eigenvalue weighted by Gasteiger charge is 2.17. The molecule has 0 spiro atoms. The van der Waals surface area contributed by atoms with Crippen LogP contribution in [0, 0.1) is 6.92 Å². The molecule has 5 aromatic carbocycles. The van der Waals surface area contributed by atoms with Gasteiger partial charge in [0, 0.05) is 23.5 Å². The first-order valence-corrected chi connectivity index (χ1v) is 13.2. The standard InChI is InChI=1S/C37H26N2/c1-25-12-21-32-33(24-25)37(29-19-15-27(16-20-29)35-11-5-7-23-39-35)31-9-3-2-8-30(31)36(32)28-17-13-26(14-18-28)34-10-4-6-22-38-34/h2-24H,1H3. The molecule has 2 heterocycles. The lowest BCUT2D eigenvalue weighted by molar-refractivity contribution is 1.33. The van der Waals surface area contributed by atoms with Gasteiger partial charge in [-0.3, -0.25) is 9.97 Å². The normalized spacial score (nSPS) is 11.2. The van der Waals surface area contributed by atoms with Crippen molar-refractivity contribution in [1.29, 1.82) is 0 Å². The van der Waals surface area contributed by atoms with Crippen molar-refractivity contribution in [3.05, 3.63) is 145 Å². The number of pyridine rings is 2. The molecule has 0 saturated heterocycles. The number of hydrogen-bond acceptors (Lipinski definition) is 2. The maximum absolute atomic E-state index is 4.53. The molecule has 0 atom stereocenters. The second-order valence-corrected chi connectivity index (χ2v) is 9.93. The molecule has 0 fully saturated rings. The minimum atomic E-state index is 0.985. The van der Waals surface area contributed by atoms with E-state index in [0.717, 1.165) is 22.5 Å². The van der Waals surface area contributed by atoms with Gasteiger partial charge in [0.1, 0.15) is 0 Å². The highest BCUT2D eigenvalue weighted by molar-refractivity contribution is 6.21. The molecular formula is C37H26N2. The summed E-state index contributed by atoms with van der Waals surface area (Å²) in [4.78, 5) is 9.06. The van der Waals surface area contributed by atoms with E-state index >= 15 is 0 Å². The zero-order valence-corrected chi connectivity index (χ0v) is 21.7. The summed E-state index contributed by atoms with van der Waals surface area (Å²) in [7, 11) is 0. The maximum Gasteiger partial charge on any atom is 0.0701 e. The molecule has 0 N–H and O–H groups in total. The molecule has 0 saturated carbocycles. The van der Waals surface area contributed by atoms with Gasteiger partial charge in [-0.2, -0.15) is 0 Å². The lowest BCUT2D eigenvalue weighted by atomic mass is 9.85. The van der Waals surface area contributed by atoms with Crippen molar-refractivity contribution < 1.29 is 0 Å². The van der Waals surface area contributed by atoms with Crippen LogP contribution in [-0.4, -0.2) is 9.97 Å². The molecule has 0 amide bonds. The van der Waals surface area contributed by atoms with Crippen molar-refractivity contribution in [3.63, 3.8) is 0 Å². The number of fused-ring (bicyclic) bond motifs is 2. The highest BCUT2D eigenvalue weighted by atomic mass is 14.7. The summed E-state index contributed by atoms with van der Waals surface area (Å²) in [5, 5.41) is 5.03. The largest absolute Gasteiger partial charge is 0.256 e. The Labute approximate surface area is 228 Å². The summed E-state index contributed by atoms with van der Waals surface area (Å²) < 4.78 is 0. The van der Waals surface area contributed by atoms with Gasteiger partial charge in [0.25, 0.3) is 0 Å². The number of aromatic nitrogens is 2. The summed E-state index contributed by atoms with van der Waals surface area (Å²) in [6, 6.07) is 45.3. The van der Waals surface area contributed by atoms with Gasteiger partial charge in [-0.05, 0) is 75.0 Å². The second-order valence-electron chi connectivity index (χ2n) is 9.93. The fraction of sp³-hybridized carbons (Fsp3) is 0.0270. The minimum absolute atomic E-state index is 0.985. The molecule has 0 radical (unpaired) electrons. The van der Waals surface area contributed by atoms with Crippen molar-refractivity contribution >= 4 is 21.5 Å². The molecule has 39 heavy (non-hydrogen) atoms. The van der Waals surface area contributed by atoms with Crippen LogP contribution in [0.15, 0.2) is 140 Å². The first kappa shape index (κ1) is 23.1. The van der Waals surface area contributed by atoms with Crippen molar-refractivity contribution in [2.45, 2.75) is 6.92 Å². The average Bonchev–Trinajstić information content (AvgIpc) is 3.01.